The van der Waals surface area contributed by atoms with E-state index in [4.69, 9.17) is 0 Å². The molecular formula is C21H28FN5O. The van der Waals surface area contributed by atoms with Gasteiger partial charge in [0.15, 0.2) is 0 Å². The molecule has 0 spiro atoms. The third-order valence-electron chi connectivity index (χ3n) is 5.33. The van der Waals surface area contributed by atoms with Crippen LogP contribution in [0.1, 0.15) is 39.4 Å². The van der Waals surface area contributed by atoms with Crippen LogP contribution in [-0.4, -0.2) is 54.0 Å². The molecule has 1 N–H and O–H groups in total. The van der Waals surface area contributed by atoms with Gasteiger partial charge in [-0.2, -0.15) is 0 Å². The van der Waals surface area contributed by atoms with Crippen LogP contribution in [-0.2, 0) is 6.54 Å². The second-order valence-corrected chi connectivity index (χ2v) is 7.66. The molecule has 6 nitrogen and oxygen atoms in total. The molecule has 2 aromatic rings. The number of hydrogen-bond donors (Lipinski definition) is 1. The van der Waals surface area contributed by atoms with Gasteiger partial charge in [0.2, 0.25) is 5.82 Å². The normalized spacial score (nSPS) is 16.5. The molecule has 1 amide bonds. The quantitative estimate of drug-likeness (QED) is 0.857. The van der Waals surface area contributed by atoms with Gasteiger partial charge in [-0.1, -0.05) is 6.07 Å². The van der Waals surface area contributed by atoms with Crippen molar-refractivity contribution in [3.63, 3.8) is 0 Å². The standard InChI is InChI=1S/C21H28FN5O/c1-13-10-17(22)7-6-16(13)11-23-18-8-9-27(12-18)20-14(2)15(3)24-19(25-20)21(28)26(4)5/h6-7,10,18,23H,8-9,11-12H2,1-5H3/t18-/m1/s1. The lowest BCUT2D eigenvalue weighted by molar-refractivity contribution is 0.0815. The first kappa shape index (κ1) is 20.2. The van der Waals surface area contributed by atoms with Gasteiger partial charge >= 0.3 is 0 Å². The van der Waals surface area contributed by atoms with E-state index in [1.54, 1.807) is 20.2 Å². The Morgan fingerprint density at radius 2 is 2.04 bits per heavy atom. The molecule has 1 fully saturated rings. The lowest BCUT2D eigenvalue weighted by Gasteiger charge is -2.22. The molecule has 3 rings (SSSR count). The second kappa shape index (κ2) is 8.22. The molecule has 0 saturated carbocycles. The average Bonchev–Trinajstić information content (AvgIpc) is 3.11. The Balaban J connectivity index is 1.70. The summed E-state index contributed by atoms with van der Waals surface area (Å²) in [6, 6.07) is 5.21. The number of benzene rings is 1. The maximum absolute atomic E-state index is 13.3. The zero-order valence-electron chi connectivity index (χ0n) is 17.2. The predicted molar refractivity (Wildman–Crippen MR) is 108 cm³/mol. The van der Waals surface area contributed by atoms with Crippen molar-refractivity contribution >= 4 is 11.7 Å². The van der Waals surface area contributed by atoms with Crippen molar-refractivity contribution in [2.24, 2.45) is 0 Å². The van der Waals surface area contributed by atoms with Crippen LogP contribution in [0.3, 0.4) is 0 Å². The van der Waals surface area contributed by atoms with Crippen molar-refractivity contribution in [1.82, 2.24) is 20.2 Å². The minimum atomic E-state index is -0.203. The highest BCUT2D eigenvalue weighted by Crippen LogP contribution is 2.24. The molecule has 1 aliphatic heterocycles. The third-order valence-corrected chi connectivity index (χ3v) is 5.33. The summed E-state index contributed by atoms with van der Waals surface area (Å²) in [4.78, 5) is 24.9. The number of aromatic nitrogens is 2. The zero-order chi connectivity index (χ0) is 20.4. The number of aryl methyl sites for hydroxylation is 2. The number of nitrogens with zero attached hydrogens (tertiary/aromatic N) is 4. The number of halogens is 1. The van der Waals surface area contributed by atoms with Gasteiger partial charge in [0, 0.05) is 51.0 Å². The van der Waals surface area contributed by atoms with E-state index in [1.807, 2.05) is 26.8 Å². The van der Waals surface area contributed by atoms with Crippen LogP contribution in [0.2, 0.25) is 0 Å². The minimum Gasteiger partial charge on any atom is -0.355 e. The number of rotatable bonds is 5. The Kier molecular flexibility index (Phi) is 5.93. The highest BCUT2D eigenvalue weighted by atomic mass is 19.1. The molecular weight excluding hydrogens is 357 g/mol. The molecule has 1 saturated heterocycles. The monoisotopic (exact) mass is 385 g/mol. The first-order valence-electron chi connectivity index (χ1n) is 9.56. The van der Waals surface area contributed by atoms with E-state index in [-0.39, 0.29) is 17.5 Å². The largest absolute Gasteiger partial charge is 0.355 e. The van der Waals surface area contributed by atoms with Crippen molar-refractivity contribution in [3.05, 3.63) is 52.2 Å². The number of nitrogens with one attached hydrogen (secondary N) is 1. The molecule has 1 aromatic carbocycles. The number of carbonyl (C=O) groups excluding carboxylic acids is 1. The summed E-state index contributed by atoms with van der Waals surface area (Å²) in [5.41, 5.74) is 3.89. The summed E-state index contributed by atoms with van der Waals surface area (Å²) >= 11 is 0. The Bertz CT molecular complexity index is 883. The van der Waals surface area contributed by atoms with Crippen LogP contribution in [0.5, 0.6) is 0 Å². The summed E-state index contributed by atoms with van der Waals surface area (Å²) < 4.78 is 13.3. The van der Waals surface area contributed by atoms with Gasteiger partial charge in [-0.05, 0) is 50.5 Å². The molecule has 0 bridgehead atoms. The summed E-state index contributed by atoms with van der Waals surface area (Å²) in [5.74, 6) is 0.678. The fourth-order valence-corrected chi connectivity index (χ4v) is 3.45. The van der Waals surface area contributed by atoms with Crippen molar-refractivity contribution in [2.45, 2.75) is 39.8 Å². The molecule has 2 heterocycles. The van der Waals surface area contributed by atoms with Gasteiger partial charge in [-0.3, -0.25) is 4.79 Å². The van der Waals surface area contributed by atoms with E-state index in [0.29, 0.717) is 12.6 Å². The summed E-state index contributed by atoms with van der Waals surface area (Å²) in [7, 11) is 3.40. The van der Waals surface area contributed by atoms with Crippen LogP contribution >= 0.6 is 0 Å². The molecule has 1 aromatic heterocycles. The van der Waals surface area contributed by atoms with Crippen LogP contribution in [0.25, 0.3) is 0 Å². The first-order valence-corrected chi connectivity index (χ1v) is 9.56. The van der Waals surface area contributed by atoms with E-state index < -0.39 is 0 Å². The summed E-state index contributed by atoms with van der Waals surface area (Å²) in [5, 5.41) is 3.56. The van der Waals surface area contributed by atoms with Gasteiger partial charge in [0.05, 0.1) is 0 Å². The Morgan fingerprint density at radius 1 is 1.29 bits per heavy atom. The Labute approximate surface area is 165 Å². The summed E-state index contributed by atoms with van der Waals surface area (Å²) in [6.07, 6.45) is 0.986. The Hall–Kier alpha value is -2.54. The smallest absolute Gasteiger partial charge is 0.291 e. The predicted octanol–water partition coefficient (Wildman–Crippen LogP) is 2.61. The van der Waals surface area contributed by atoms with Crippen molar-refractivity contribution in [3.8, 4) is 0 Å². The van der Waals surface area contributed by atoms with Gasteiger partial charge in [-0.15, -0.1) is 0 Å². The third kappa shape index (κ3) is 4.30. The van der Waals surface area contributed by atoms with Crippen molar-refractivity contribution in [1.29, 1.82) is 0 Å². The van der Waals surface area contributed by atoms with Crippen LogP contribution in [0, 0.1) is 26.6 Å². The SMILES string of the molecule is Cc1cc(F)ccc1CN[C@@H]1CCN(c2nc(C(=O)N(C)C)nc(C)c2C)C1. The van der Waals surface area contributed by atoms with E-state index in [9.17, 15) is 9.18 Å². The molecule has 1 aliphatic rings. The van der Waals surface area contributed by atoms with E-state index in [2.05, 4.69) is 20.2 Å². The summed E-state index contributed by atoms with van der Waals surface area (Å²) in [6.45, 7) is 8.22. The highest BCUT2D eigenvalue weighted by Gasteiger charge is 2.26. The molecule has 7 heteroatoms. The average molecular weight is 385 g/mol. The minimum absolute atomic E-state index is 0.190. The lowest BCUT2D eigenvalue weighted by atomic mass is 10.1. The van der Waals surface area contributed by atoms with Crippen LogP contribution in [0.15, 0.2) is 18.2 Å². The molecule has 0 radical (unpaired) electrons. The van der Waals surface area contributed by atoms with E-state index in [0.717, 1.165) is 47.7 Å². The Morgan fingerprint density at radius 3 is 2.71 bits per heavy atom. The van der Waals surface area contributed by atoms with Gasteiger partial charge in [0.25, 0.3) is 5.91 Å². The number of hydrogen-bond acceptors (Lipinski definition) is 5. The molecule has 150 valence electrons. The molecule has 28 heavy (non-hydrogen) atoms. The van der Waals surface area contributed by atoms with Gasteiger partial charge in [0.1, 0.15) is 11.6 Å². The first-order chi connectivity index (χ1) is 13.3. The topological polar surface area (TPSA) is 61.4 Å². The lowest BCUT2D eigenvalue weighted by Crippen LogP contribution is -2.33. The van der Waals surface area contributed by atoms with Gasteiger partial charge < -0.3 is 15.1 Å². The molecule has 1 atom stereocenters. The molecule has 0 unspecified atom stereocenters. The number of amides is 1. The maximum Gasteiger partial charge on any atom is 0.291 e. The maximum atomic E-state index is 13.3. The fraction of sp³-hybridized carbons (Fsp3) is 0.476. The highest BCUT2D eigenvalue weighted by molar-refractivity contribution is 5.90. The van der Waals surface area contributed by atoms with Crippen LogP contribution < -0.4 is 10.2 Å². The second-order valence-electron chi connectivity index (χ2n) is 7.66. The van der Waals surface area contributed by atoms with Gasteiger partial charge in [-0.25, -0.2) is 14.4 Å². The van der Waals surface area contributed by atoms with Crippen molar-refractivity contribution < 1.29 is 9.18 Å². The number of carbonyl (C=O) groups is 1. The fourth-order valence-electron chi connectivity index (χ4n) is 3.45. The number of anilines is 1. The zero-order valence-corrected chi connectivity index (χ0v) is 17.2. The van der Waals surface area contributed by atoms with E-state index in [1.165, 1.54) is 11.0 Å². The molecule has 0 aliphatic carbocycles. The van der Waals surface area contributed by atoms with E-state index >= 15 is 0 Å². The van der Waals surface area contributed by atoms with Crippen LogP contribution in [0.4, 0.5) is 10.2 Å². The van der Waals surface area contributed by atoms with Crippen molar-refractivity contribution in [2.75, 3.05) is 32.1 Å².